The van der Waals surface area contributed by atoms with Gasteiger partial charge in [-0.15, -0.1) is 0 Å². The van der Waals surface area contributed by atoms with Gasteiger partial charge in [-0.25, -0.2) is 10.4 Å². The van der Waals surface area contributed by atoms with Gasteiger partial charge in [0.1, 0.15) is 0 Å². The minimum absolute atomic E-state index is 0.0463. The number of thioether (sulfide) groups is 1. The molecule has 6 nitrogen and oxygen atoms in total. The molecule has 0 radical (unpaired) electrons. The average Bonchev–Trinajstić information content (AvgIpc) is 2.67. The molecule has 0 bridgehead atoms. The van der Waals surface area contributed by atoms with Crippen LogP contribution in [0.4, 0.5) is 5.69 Å². The summed E-state index contributed by atoms with van der Waals surface area (Å²) in [7, 11) is 0. The highest BCUT2D eigenvalue weighted by Gasteiger charge is 2.19. The van der Waals surface area contributed by atoms with E-state index >= 15 is 0 Å². The van der Waals surface area contributed by atoms with Gasteiger partial charge in [0.25, 0.3) is 0 Å². The van der Waals surface area contributed by atoms with Crippen LogP contribution in [0.15, 0.2) is 36.4 Å². The number of aliphatic hydroxyl groups excluding tert-OH is 1. The van der Waals surface area contributed by atoms with Gasteiger partial charge in [0.05, 0.1) is 11.8 Å². The monoisotopic (exact) mass is 408 g/mol. The van der Waals surface area contributed by atoms with Crippen LogP contribution in [-0.2, 0) is 9.59 Å². The zero-order chi connectivity index (χ0) is 20.9. The third kappa shape index (κ3) is 8.91. The summed E-state index contributed by atoms with van der Waals surface area (Å²) in [4.78, 5) is 23.1. The van der Waals surface area contributed by atoms with Crippen LogP contribution in [0.25, 0.3) is 0 Å². The maximum atomic E-state index is 12.6. The molecule has 3 N–H and O–H groups in total. The summed E-state index contributed by atoms with van der Waals surface area (Å²) < 4.78 is 0. The van der Waals surface area contributed by atoms with Crippen LogP contribution in [0.1, 0.15) is 51.2 Å². The third-order valence-corrected chi connectivity index (χ3v) is 4.79. The smallest absolute Gasteiger partial charge is 0.303 e. The minimum Gasteiger partial charge on any atom is -0.481 e. The molecular weight excluding hydrogens is 376 g/mol. The number of carboxylic acid groups (broad SMARTS) is 1. The number of rotatable bonds is 13. The summed E-state index contributed by atoms with van der Waals surface area (Å²) in [6, 6.07) is 7.37. The number of carboxylic acids is 1. The molecule has 1 amide bonds. The average molecular weight is 409 g/mol. The Morgan fingerprint density at radius 2 is 1.89 bits per heavy atom. The Labute approximate surface area is 172 Å². The maximum absolute atomic E-state index is 12.6. The Hall–Kier alpha value is -1.83. The van der Waals surface area contributed by atoms with Gasteiger partial charge in [-0.1, -0.05) is 38.1 Å². The van der Waals surface area contributed by atoms with Crippen molar-refractivity contribution < 1.29 is 19.8 Å². The van der Waals surface area contributed by atoms with Gasteiger partial charge < -0.3 is 10.2 Å². The van der Waals surface area contributed by atoms with Crippen molar-refractivity contribution in [2.24, 2.45) is 5.92 Å². The van der Waals surface area contributed by atoms with Gasteiger partial charge in [0, 0.05) is 18.9 Å². The van der Waals surface area contributed by atoms with Gasteiger partial charge in [0.15, 0.2) is 0 Å². The molecule has 1 atom stereocenters. The number of unbranched alkanes of at least 4 members (excludes halogenated alkanes) is 1. The third-order valence-electron chi connectivity index (χ3n) is 4.14. The predicted molar refractivity (Wildman–Crippen MR) is 115 cm³/mol. The van der Waals surface area contributed by atoms with Gasteiger partial charge >= 0.3 is 5.97 Å². The first-order valence-electron chi connectivity index (χ1n) is 9.58. The molecule has 28 heavy (non-hydrogen) atoms. The number of amides is 1. The zero-order valence-electron chi connectivity index (χ0n) is 16.9. The summed E-state index contributed by atoms with van der Waals surface area (Å²) in [6.07, 6.45) is 7.46. The van der Waals surface area contributed by atoms with E-state index in [9.17, 15) is 14.7 Å². The zero-order valence-corrected chi connectivity index (χ0v) is 17.7. The molecule has 0 spiro atoms. The second-order valence-corrected chi connectivity index (χ2v) is 7.82. The molecule has 1 aromatic carbocycles. The lowest BCUT2D eigenvalue weighted by atomic mass is 10.1. The molecule has 0 fully saturated rings. The van der Waals surface area contributed by atoms with Crippen LogP contribution < -0.4 is 10.4 Å². The number of carbonyl (C=O) groups excluding carboxylic acids is 1. The Morgan fingerprint density at radius 1 is 1.21 bits per heavy atom. The number of anilines is 1. The lowest BCUT2D eigenvalue weighted by Gasteiger charge is -2.25. The highest BCUT2D eigenvalue weighted by atomic mass is 32.2. The molecule has 156 valence electrons. The number of aliphatic hydroxyl groups is 1. The number of hydrogen-bond donors (Lipinski definition) is 3. The molecule has 0 saturated heterocycles. The van der Waals surface area contributed by atoms with Crippen LogP contribution in [-0.4, -0.2) is 40.6 Å². The number of hydrogen-bond acceptors (Lipinski definition) is 5. The van der Waals surface area contributed by atoms with Gasteiger partial charge in [-0.2, -0.15) is 11.8 Å². The number of aliphatic carboxylic acids is 1. The molecule has 0 aliphatic heterocycles. The van der Waals surface area contributed by atoms with Crippen molar-refractivity contribution in [3.05, 3.63) is 42.0 Å². The van der Waals surface area contributed by atoms with Crippen molar-refractivity contribution in [1.82, 2.24) is 5.43 Å². The van der Waals surface area contributed by atoms with Crippen LogP contribution in [0.3, 0.4) is 0 Å². The SMILES string of the molecule is CSCCC(O)c1ccc(N(NC/C=C\CCCC(=O)O)C(=O)C(C)C)cc1. The second-order valence-electron chi connectivity index (χ2n) is 6.84. The summed E-state index contributed by atoms with van der Waals surface area (Å²) in [6.45, 7) is 4.15. The van der Waals surface area contributed by atoms with E-state index in [1.54, 1.807) is 11.8 Å². The first kappa shape index (κ1) is 24.2. The second kappa shape index (κ2) is 13.4. The summed E-state index contributed by atoms with van der Waals surface area (Å²) >= 11 is 1.70. The summed E-state index contributed by atoms with van der Waals surface area (Å²) in [5.41, 5.74) is 4.68. The molecular formula is C21H32N2O4S. The Kier molecular flexibility index (Phi) is 11.6. The molecule has 0 aliphatic carbocycles. The van der Waals surface area contributed by atoms with Crippen molar-refractivity contribution in [1.29, 1.82) is 0 Å². The van der Waals surface area contributed by atoms with Crippen molar-refractivity contribution in [2.75, 3.05) is 23.6 Å². The number of nitrogens with zero attached hydrogens (tertiary/aromatic N) is 1. The maximum Gasteiger partial charge on any atom is 0.303 e. The van der Waals surface area contributed by atoms with Gasteiger partial charge in [-0.3, -0.25) is 9.59 Å². The Balaban J connectivity index is 2.70. The van der Waals surface area contributed by atoms with E-state index in [1.807, 2.05) is 56.5 Å². The first-order valence-corrected chi connectivity index (χ1v) is 11.0. The highest BCUT2D eigenvalue weighted by molar-refractivity contribution is 7.98. The van der Waals surface area contributed by atoms with E-state index in [2.05, 4.69) is 5.43 Å². The van der Waals surface area contributed by atoms with Gasteiger partial charge in [-0.05, 0) is 49.0 Å². The molecule has 1 rings (SSSR count). The predicted octanol–water partition coefficient (Wildman–Crippen LogP) is 3.78. The normalized spacial score (nSPS) is 12.5. The van der Waals surface area contributed by atoms with E-state index in [0.29, 0.717) is 25.8 Å². The van der Waals surface area contributed by atoms with Crippen LogP contribution >= 0.6 is 11.8 Å². The van der Waals surface area contributed by atoms with Gasteiger partial charge in [0.2, 0.25) is 5.91 Å². The van der Waals surface area contributed by atoms with Crippen molar-refractivity contribution in [2.45, 2.75) is 45.6 Å². The van der Waals surface area contributed by atoms with E-state index in [1.165, 1.54) is 5.01 Å². The number of hydrazine groups is 1. The molecule has 0 aromatic heterocycles. The van der Waals surface area contributed by atoms with E-state index in [0.717, 1.165) is 17.0 Å². The van der Waals surface area contributed by atoms with Crippen molar-refractivity contribution in [3.8, 4) is 0 Å². The first-order chi connectivity index (χ1) is 13.4. The van der Waals surface area contributed by atoms with E-state index in [-0.39, 0.29) is 18.2 Å². The van der Waals surface area contributed by atoms with Crippen LogP contribution in [0, 0.1) is 5.92 Å². The molecule has 0 heterocycles. The Bertz CT molecular complexity index is 632. The fourth-order valence-corrected chi connectivity index (χ4v) is 2.97. The lowest BCUT2D eigenvalue weighted by molar-refractivity contribution is -0.137. The highest BCUT2D eigenvalue weighted by Crippen LogP contribution is 2.22. The van der Waals surface area contributed by atoms with E-state index < -0.39 is 12.1 Å². The lowest BCUT2D eigenvalue weighted by Crippen LogP contribution is -2.45. The summed E-state index contributed by atoms with van der Waals surface area (Å²) in [5, 5.41) is 20.4. The largest absolute Gasteiger partial charge is 0.481 e. The number of carbonyl (C=O) groups is 2. The fourth-order valence-electron chi connectivity index (χ4n) is 2.51. The summed E-state index contributed by atoms with van der Waals surface area (Å²) in [5.74, 6) is -0.114. The fraction of sp³-hybridized carbons (Fsp3) is 0.524. The number of nitrogens with one attached hydrogen (secondary N) is 1. The molecule has 1 aromatic rings. The number of benzene rings is 1. The quantitative estimate of drug-likeness (QED) is 0.261. The number of allylic oxidation sites excluding steroid dienone is 1. The van der Waals surface area contributed by atoms with Crippen LogP contribution in [0.5, 0.6) is 0 Å². The van der Waals surface area contributed by atoms with Crippen molar-refractivity contribution in [3.63, 3.8) is 0 Å². The molecule has 7 heteroatoms. The standard InChI is InChI=1S/C21H32N2O4S/c1-16(2)21(27)23(22-14-7-5-4-6-8-20(25)26)18-11-9-17(10-12-18)19(24)13-15-28-3/h5,7,9-12,16,19,22,24H,4,6,8,13-15H2,1-3H3,(H,25,26)/b7-5-. The molecule has 0 aliphatic rings. The minimum atomic E-state index is -0.790. The van der Waals surface area contributed by atoms with Crippen molar-refractivity contribution >= 4 is 29.3 Å². The molecule has 0 saturated carbocycles. The molecule has 1 unspecified atom stereocenters. The van der Waals surface area contributed by atoms with E-state index in [4.69, 9.17) is 5.11 Å². The van der Waals surface area contributed by atoms with Crippen LogP contribution in [0.2, 0.25) is 0 Å². The topological polar surface area (TPSA) is 89.9 Å². The Morgan fingerprint density at radius 3 is 2.46 bits per heavy atom.